The van der Waals surface area contributed by atoms with E-state index in [0.717, 1.165) is 25.2 Å². The van der Waals surface area contributed by atoms with E-state index >= 15 is 0 Å². The summed E-state index contributed by atoms with van der Waals surface area (Å²) in [6.07, 6.45) is 6.68. The minimum absolute atomic E-state index is 0.282. The lowest BCUT2D eigenvalue weighted by Gasteiger charge is -2.26. The number of unbranched alkanes of at least 4 members (excludes halogenated alkanes) is 1. The van der Waals surface area contributed by atoms with Gasteiger partial charge >= 0.3 is 0 Å². The Morgan fingerprint density at radius 3 is 2.69 bits per heavy atom. The molecule has 3 heteroatoms. The summed E-state index contributed by atoms with van der Waals surface area (Å²) in [5, 5.41) is 8.99. The average Bonchev–Trinajstić information content (AvgIpc) is 2.70. The Bertz CT molecular complexity index is 673. The van der Waals surface area contributed by atoms with Gasteiger partial charge in [0, 0.05) is 17.3 Å². The topological polar surface area (TPSA) is 46.2 Å². The van der Waals surface area contributed by atoms with Gasteiger partial charge < -0.3 is 10.8 Å². The molecule has 0 amide bonds. The Labute approximate surface area is 162 Å². The summed E-state index contributed by atoms with van der Waals surface area (Å²) >= 11 is 1.99. The van der Waals surface area contributed by atoms with Crippen LogP contribution < -0.4 is 5.73 Å². The van der Waals surface area contributed by atoms with E-state index in [1.807, 2.05) is 11.8 Å². The average molecular weight is 370 g/mol. The molecule has 1 aliphatic rings. The molecule has 140 valence electrons. The van der Waals surface area contributed by atoms with Gasteiger partial charge in [-0.3, -0.25) is 0 Å². The zero-order valence-electron chi connectivity index (χ0n) is 15.6. The van der Waals surface area contributed by atoms with Crippen molar-refractivity contribution in [3.8, 4) is 0 Å². The molecule has 1 aliphatic carbocycles. The second kappa shape index (κ2) is 10.1. The van der Waals surface area contributed by atoms with Crippen LogP contribution in [0.25, 0.3) is 0 Å². The van der Waals surface area contributed by atoms with Crippen LogP contribution in [-0.4, -0.2) is 24.0 Å². The molecule has 0 unspecified atom stereocenters. The Hall–Kier alpha value is -1.29. The van der Waals surface area contributed by atoms with Gasteiger partial charge in [-0.1, -0.05) is 42.8 Å². The van der Waals surface area contributed by atoms with Crippen LogP contribution >= 0.6 is 11.8 Å². The third kappa shape index (κ3) is 5.35. The van der Waals surface area contributed by atoms with Crippen LogP contribution in [0.2, 0.25) is 0 Å². The van der Waals surface area contributed by atoms with Crippen LogP contribution in [0.4, 0.5) is 0 Å². The SMILES string of the molecule is NC[C@H](CCCCO)c1ccc2c(c1)CC[C@H](CSc1ccccc1)C2. The number of aliphatic hydroxyl groups excluding tert-OH is 1. The molecule has 2 aromatic carbocycles. The van der Waals surface area contributed by atoms with Crippen molar-refractivity contribution in [2.75, 3.05) is 18.9 Å². The van der Waals surface area contributed by atoms with Crippen molar-refractivity contribution >= 4 is 11.8 Å². The summed E-state index contributed by atoms with van der Waals surface area (Å²) in [4.78, 5) is 1.38. The molecule has 3 N–H and O–H groups in total. The summed E-state index contributed by atoms with van der Waals surface area (Å²) in [6.45, 7) is 0.977. The van der Waals surface area contributed by atoms with Crippen LogP contribution in [0.3, 0.4) is 0 Å². The predicted molar refractivity (Wildman–Crippen MR) is 112 cm³/mol. The van der Waals surface area contributed by atoms with Gasteiger partial charge in [-0.2, -0.15) is 0 Å². The van der Waals surface area contributed by atoms with E-state index in [1.165, 1.54) is 46.6 Å². The molecule has 3 rings (SSSR count). The third-order valence-electron chi connectivity index (χ3n) is 5.51. The van der Waals surface area contributed by atoms with Crippen molar-refractivity contribution in [3.63, 3.8) is 0 Å². The summed E-state index contributed by atoms with van der Waals surface area (Å²) < 4.78 is 0. The third-order valence-corrected chi connectivity index (χ3v) is 6.75. The second-order valence-electron chi connectivity index (χ2n) is 7.41. The van der Waals surface area contributed by atoms with Crippen molar-refractivity contribution in [1.82, 2.24) is 0 Å². The smallest absolute Gasteiger partial charge is 0.0431 e. The van der Waals surface area contributed by atoms with Crippen LogP contribution in [0, 0.1) is 5.92 Å². The van der Waals surface area contributed by atoms with E-state index in [9.17, 15) is 0 Å². The van der Waals surface area contributed by atoms with Gasteiger partial charge in [0.15, 0.2) is 0 Å². The first-order valence-corrected chi connectivity index (χ1v) is 10.9. The van der Waals surface area contributed by atoms with Gasteiger partial charge in [-0.15, -0.1) is 11.8 Å². The van der Waals surface area contributed by atoms with Crippen molar-refractivity contribution in [1.29, 1.82) is 0 Å². The Morgan fingerprint density at radius 1 is 1.08 bits per heavy atom. The maximum Gasteiger partial charge on any atom is 0.0431 e. The lowest BCUT2D eigenvalue weighted by atomic mass is 9.82. The van der Waals surface area contributed by atoms with Crippen molar-refractivity contribution in [2.24, 2.45) is 11.7 Å². The fraction of sp³-hybridized carbons (Fsp3) is 0.478. The van der Waals surface area contributed by atoms with E-state index in [1.54, 1.807) is 0 Å². The molecule has 2 atom stereocenters. The van der Waals surface area contributed by atoms with E-state index < -0.39 is 0 Å². The molecule has 0 aliphatic heterocycles. The second-order valence-corrected chi connectivity index (χ2v) is 8.51. The minimum atomic E-state index is 0.282. The highest BCUT2D eigenvalue weighted by Gasteiger charge is 2.20. The van der Waals surface area contributed by atoms with Crippen molar-refractivity contribution < 1.29 is 5.11 Å². The van der Waals surface area contributed by atoms with Gasteiger partial charge in [0.05, 0.1) is 0 Å². The molecule has 0 saturated carbocycles. The maximum atomic E-state index is 8.99. The number of nitrogens with two attached hydrogens (primary N) is 1. The Morgan fingerprint density at radius 2 is 1.92 bits per heavy atom. The Balaban J connectivity index is 1.58. The molecule has 0 heterocycles. The molecule has 2 nitrogen and oxygen atoms in total. The van der Waals surface area contributed by atoms with Gasteiger partial charge in [0.1, 0.15) is 0 Å². The molecule has 0 saturated heterocycles. The number of hydrogen-bond acceptors (Lipinski definition) is 3. The van der Waals surface area contributed by atoms with E-state index in [4.69, 9.17) is 10.8 Å². The summed E-state index contributed by atoms with van der Waals surface area (Å²) in [5.74, 6) is 2.41. The zero-order chi connectivity index (χ0) is 18.2. The van der Waals surface area contributed by atoms with Crippen molar-refractivity contribution in [3.05, 3.63) is 65.2 Å². The minimum Gasteiger partial charge on any atom is -0.396 e. The van der Waals surface area contributed by atoms with Crippen LogP contribution in [0.5, 0.6) is 0 Å². The molecule has 26 heavy (non-hydrogen) atoms. The number of aliphatic hydroxyl groups is 1. The number of benzene rings is 2. The maximum absolute atomic E-state index is 8.99. The lowest BCUT2D eigenvalue weighted by Crippen LogP contribution is -2.18. The highest BCUT2D eigenvalue weighted by Crippen LogP contribution is 2.32. The van der Waals surface area contributed by atoms with E-state index in [2.05, 4.69) is 48.5 Å². The van der Waals surface area contributed by atoms with Crippen LogP contribution in [0.1, 0.15) is 48.3 Å². The first-order chi connectivity index (χ1) is 12.8. The monoisotopic (exact) mass is 369 g/mol. The fourth-order valence-electron chi connectivity index (χ4n) is 3.90. The number of thioether (sulfide) groups is 1. The number of fused-ring (bicyclic) bond motifs is 1. The number of rotatable bonds is 9. The largest absolute Gasteiger partial charge is 0.396 e. The molecule has 0 fully saturated rings. The highest BCUT2D eigenvalue weighted by atomic mass is 32.2. The first-order valence-electron chi connectivity index (χ1n) is 9.90. The zero-order valence-corrected chi connectivity index (χ0v) is 16.4. The van der Waals surface area contributed by atoms with Gasteiger partial charge in [0.2, 0.25) is 0 Å². The molecule has 0 spiro atoms. The van der Waals surface area contributed by atoms with E-state index in [0.29, 0.717) is 12.5 Å². The quantitative estimate of drug-likeness (QED) is 0.493. The molecular weight excluding hydrogens is 338 g/mol. The van der Waals surface area contributed by atoms with Crippen molar-refractivity contribution in [2.45, 2.75) is 49.3 Å². The Kier molecular flexibility index (Phi) is 7.60. The molecular formula is C23H31NOS. The molecule has 2 aromatic rings. The molecule has 0 bridgehead atoms. The summed E-state index contributed by atoms with van der Waals surface area (Å²) in [7, 11) is 0. The van der Waals surface area contributed by atoms with Crippen LogP contribution in [-0.2, 0) is 12.8 Å². The number of aryl methyl sites for hydroxylation is 1. The van der Waals surface area contributed by atoms with Gasteiger partial charge in [0.25, 0.3) is 0 Å². The molecule has 0 aromatic heterocycles. The van der Waals surface area contributed by atoms with E-state index in [-0.39, 0.29) is 6.61 Å². The fourth-order valence-corrected chi connectivity index (χ4v) is 4.96. The molecule has 0 radical (unpaired) electrons. The normalized spacial score (nSPS) is 17.7. The predicted octanol–water partition coefficient (Wildman–Crippen LogP) is 4.79. The highest BCUT2D eigenvalue weighted by molar-refractivity contribution is 7.99. The van der Waals surface area contributed by atoms with Gasteiger partial charge in [-0.05, 0) is 79.3 Å². The summed E-state index contributed by atoms with van der Waals surface area (Å²) in [6, 6.07) is 17.8. The van der Waals surface area contributed by atoms with Crippen LogP contribution in [0.15, 0.2) is 53.4 Å². The first kappa shape index (κ1) is 19.5. The number of hydrogen-bond donors (Lipinski definition) is 2. The summed E-state index contributed by atoms with van der Waals surface area (Å²) in [5.41, 5.74) is 10.5. The lowest BCUT2D eigenvalue weighted by molar-refractivity contribution is 0.281. The van der Waals surface area contributed by atoms with Gasteiger partial charge in [-0.25, -0.2) is 0 Å². The standard InChI is InChI=1S/C23H31NOS/c24-16-22(6-4-5-13-25)21-12-11-19-14-18(9-10-20(19)15-21)17-26-23-7-2-1-3-8-23/h1-3,7-8,11-12,15,18,22,25H,4-6,9-10,13-14,16-17,24H2/t18-,22-/m0/s1.